The number of aryl methyl sites for hydroxylation is 1. The molecule has 57 heavy (non-hydrogen) atoms. The maximum absolute atomic E-state index is 14.7. The summed E-state index contributed by atoms with van der Waals surface area (Å²) < 4.78 is 31.3. The van der Waals surface area contributed by atoms with E-state index in [1.54, 1.807) is 25.7 Å². The number of amides is 1. The van der Waals surface area contributed by atoms with E-state index in [1.165, 1.54) is 19.6 Å². The molecule has 13 nitrogen and oxygen atoms in total. The lowest BCUT2D eigenvalue weighted by molar-refractivity contribution is -0.295. The zero-order chi connectivity index (χ0) is 42.0. The number of likely N-dealkylation sites (N-methyl/N-ethyl adjacent to an activating group) is 1. The van der Waals surface area contributed by atoms with Crippen molar-refractivity contribution in [1.29, 1.82) is 0 Å². The lowest BCUT2D eigenvalue weighted by Crippen LogP contribution is -2.60. The van der Waals surface area contributed by atoms with Crippen molar-refractivity contribution in [3.8, 4) is 0 Å². The quantitative estimate of drug-likeness (QED) is 0.177. The summed E-state index contributed by atoms with van der Waals surface area (Å²) in [5, 5.41) is 12.5. The number of esters is 1. The van der Waals surface area contributed by atoms with Crippen molar-refractivity contribution >= 4 is 34.5 Å². The molecule has 1 unspecified atom stereocenters. The topological polar surface area (TPSA) is 154 Å². The summed E-state index contributed by atoms with van der Waals surface area (Å²) in [5.41, 5.74) is -0.555. The number of carbonyl (C=O) groups excluding carboxylic acids is 4. The van der Waals surface area contributed by atoms with Crippen molar-refractivity contribution in [3.05, 3.63) is 42.1 Å². The number of fused-ring (bicyclic) bond motifs is 2. The van der Waals surface area contributed by atoms with Gasteiger partial charge < -0.3 is 38.6 Å². The zero-order valence-corrected chi connectivity index (χ0v) is 35.7. The molecule has 1 aromatic carbocycles. The molecule has 13 atom stereocenters. The first-order chi connectivity index (χ1) is 26.9. The van der Waals surface area contributed by atoms with Crippen molar-refractivity contribution in [2.24, 2.45) is 23.7 Å². The number of nitrogens with zero attached hydrogens (tertiary/aromatic N) is 3. The van der Waals surface area contributed by atoms with Gasteiger partial charge in [0.25, 0.3) is 0 Å². The number of cyclic esters (lactones) is 1. The summed E-state index contributed by atoms with van der Waals surface area (Å²) in [5.74, 6) is -4.89. The van der Waals surface area contributed by atoms with Crippen molar-refractivity contribution in [3.63, 3.8) is 0 Å². The number of aliphatic hydroxyl groups is 1. The average Bonchev–Trinajstić information content (AvgIpc) is 3.45. The van der Waals surface area contributed by atoms with Crippen LogP contribution in [0.15, 0.2) is 36.5 Å². The van der Waals surface area contributed by atoms with Gasteiger partial charge in [-0.25, -0.2) is 4.79 Å². The maximum atomic E-state index is 14.7. The number of carbonyl (C=O) groups is 4. The molecule has 0 saturated carbocycles. The molecule has 0 bridgehead atoms. The molecule has 4 heterocycles. The van der Waals surface area contributed by atoms with E-state index in [2.05, 4.69) is 11.1 Å². The van der Waals surface area contributed by atoms with Crippen molar-refractivity contribution < 1.29 is 48.0 Å². The van der Waals surface area contributed by atoms with Crippen LogP contribution in [-0.2, 0) is 44.5 Å². The van der Waals surface area contributed by atoms with E-state index in [4.69, 9.17) is 23.7 Å². The molecule has 0 spiro atoms. The number of ketones is 2. The van der Waals surface area contributed by atoms with Gasteiger partial charge in [-0.1, -0.05) is 45.9 Å². The summed E-state index contributed by atoms with van der Waals surface area (Å²) in [4.78, 5) is 64.9. The predicted molar refractivity (Wildman–Crippen MR) is 214 cm³/mol. The van der Waals surface area contributed by atoms with Gasteiger partial charge >= 0.3 is 12.1 Å². The second-order valence-corrected chi connectivity index (χ2v) is 17.3. The van der Waals surface area contributed by atoms with Gasteiger partial charge in [0.05, 0.1) is 29.4 Å². The molecule has 3 aliphatic heterocycles. The van der Waals surface area contributed by atoms with Crippen molar-refractivity contribution in [2.45, 2.75) is 148 Å². The Hall–Kier alpha value is -3.49. The van der Waals surface area contributed by atoms with Crippen molar-refractivity contribution in [2.75, 3.05) is 27.7 Å². The molecule has 3 fully saturated rings. The smallest absolute Gasteiger partial charge is 0.410 e. The van der Waals surface area contributed by atoms with Gasteiger partial charge in [-0.05, 0) is 98.0 Å². The van der Waals surface area contributed by atoms with Crippen LogP contribution < -0.4 is 0 Å². The van der Waals surface area contributed by atoms with E-state index in [9.17, 15) is 24.3 Å². The molecule has 316 valence electrons. The highest BCUT2D eigenvalue weighted by atomic mass is 16.7. The van der Waals surface area contributed by atoms with Crippen LogP contribution >= 0.6 is 0 Å². The molecule has 0 radical (unpaired) electrons. The molecule has 3 aliphatic rings. The normalized spacial score (nSPS) is 37.2. The molecule has 2 aromatic rings. The molecule has 0 aliphatic carbocycles. The molecular weight excluding hydrogens is 730 g/mol. The van der Waals surface area contributed by atoms with Crippen LogP contribution in [0.4, 0.5) is 4.79 Å². The van der Waals surface area contributed by atoms with Crippen LogP contribution in [0.3, 0.4) is 0 Å². The molecular formula is C44H65N3O10. The largest absolute Gasteiger partial charge is 0.458 e. The molecule has 1 N–H and O–H groups in total. The first-order valence-corrected chi connectivity index (χ1v) is 20.7. The first-order valence-electron chi connectivity index (χ1n) is 20.7. The minimum atomic E-state index is -1.39. The Morgan fingerprint density at radius 2 is 1.68 bits per heavy atom. The van der Waals surface area contributed by atoms with Crippen LogP contribution in [0.2, 0.25) is 0 Å². The summed E-state index contributed by atoms with van der Waals surface area (Å²) in [6, 6.07) is 8.97. The van der Waals surface area contributed by atoms with E-state index in [0.717, 1.165) is 23.7 Å². The Kier molecular flexibility index (Phi) is 14.2. The molecule has 3 saturated heterocycles. The van der Waals surface area contributed by atoms with Gasteiger partial charge in [0.2, 0.25) is 0 Å². The second-order valence-electron chi connectivity index (χ2n) is 17.3. The number of para-hydroxylation sites is 1. The van der Waals surface area contributed by atoms with Gasteiger partial charge in [-0.2, -0.15) is 0 Å². The lowest BCUT2D eigenvalue weighted by Gasteiger charge is -2.47. The zero-order valence-electron chi connectivity index (χ0n) is 35.7. The van der Waals surface area contributed by atoms with Crippen LogP contribution in [0.5, 0.6) is 0 Å². The van der Waals surface area contributed by atoms with Crippen LogP contribution in [0.25, 0.3) is 10.9 Å². The summed E-state index contributed by atoms with van der Waals surface area (Å²) in [7, 11) is 5.25. The SMILES string of the molecule is CCC1OC(=O)[C@H](C)C(=O)[C@H](C)[C@@H](O[C@@H]2O[C@H](C)C[C@H](N(C)C)[C@H]2O)[C@](C)(OC)C[C@@H](C)C(=O)[C@H](C)[C@H]2N(CCCCc3ccnc4ccccc34)C(=O)O[C@]12C. The number of benzene rings is 1. The number of methoxy groups -OCH3 is 1. The Morgan fingerprint density at radius 3 is 2.35 bits per heavy atom. The summed E-state index contributed by atoms with van der Waals surface area (Å²) in [6.07, 6.45) is -0.00239. The lowest BCUT2D eigenvalue weighted by atomic mass is 9.73. The third-order valence-corrected chi connectivity index (χ3v) is 13.0. The fourth-order valence-electron chi connectivity index (χ4n) is 9.68. The monoisotopic (exact) mass is 795 g/mol. The van der Waals surface area contributed by atoms with Gasteiger partial charge in [0.15, 0.2) is 17.7 Å². The van der Waals surface area contributed by atoms with E-state index >= 15 is 0 Å². The van der Waals surface area contributed by atoms with Crippen LogP contribution in [0, 0.1) is 23.7 Å². The number of ether oxygens (including phenoxy) is 5. The molecule has 5 rings (SSSR count). The van der Waals surface area contributed by atoms with E-state index in [1.807, 2.05) is 77.2 Å². The number of hydrogen-bond acceptors (Lipinski definition) is 12. The van der Waals surface area contributed by atoms with Gasteiger partial charge in [-0.15, -0.1) is 0 Å². The van der Waals surface area contributed by atoms with E-state index in [0.29, 0.717) is 19.4 Å². The Balaban J connectivity index is 1.47. The third-order valence-electron chi connectivity index (χ3n) is 13.0. The Morgan fingerprint density at radius 1 is 0.982 bits per heavy atom. The minimum absolute atomic E-state index is 0.137. The van der Waals surface area contributed by atoms with Crippen molar-refractivity contribution in [1.82, 2.24) is 14.8 Å². The molecule has 13 heteroatoms. The molecule has 1 aromatic heterocycles. The number of pyridine rings is 1. The predicted octanol–water partition coefficient (Wildman–Crippen LogP) is 5.76. The third kappa shape index (κ3) is 9.07. The Labute approximate surface area is 338 Å². The number of aromatic nitrogens is 1. The second kappa shape index (κ2) is 18.2. The van der Waals surface area contributed by atoms with Crippen LogP contribution in [-0.4, -0.2) is 125 Å². The summed E-state index contributed by atoms with van der Waals surface area (Å²) >= 11 is 0. The first kappa shape index (κ1) is 44.6. The molecule has 1 amide bonds. The van der Waals surface area contributed by atoms with E-state index < -0.39 is 83.4 Å². The fraction of sp³-hybridized carbons (Fsp3) is 0.705. The number of rotatable bonds is 10. The number of hydrogen-bond donors (Lipinski definition) is 1. The van der Waals surface area contributed by atoms with Gasteiger partial charge in [0.1, 0.15) is 23.9 Å². The van der Waals surface area contributed by atoms with Gasteiger partial charge in [0, 0.05) is 49.0 Å². The number of unbranched alkanes of at least 4 members (excludes halogenated alkanes) is 1. The van der Waals surface area contributed by atoms with Crippen LogP contribution in [0.1, 0.15) is 93.1 Å². The number of Topliss-reactive ketones (excluding diaryl/α,β-unsaturated/α-hetero) is 2. The highest BCUT2D eigenvalue weighted by Crippen LogP contribution is 2.43. The van der Waals surface area contributed by atoms with E-state index in [-0.39, 0.29) is 30.8 Å². The number of aliphatic hydroxyl groups excluding tert-OH is 1. The highest BCUT2D eigenvalue weighted by Gasteiger charge is 2.60. The minimum Gasteiger partial charge on any atom is -0.458 e. The maximum Gasteiger partial charge on any atom is 0.410 e. The summed E-state index contributed by atoms with van der Waals surface area (Å²) in [6.45, 7) is 14.4. The highest BCUT2D eigenvalue weighted by molar-refractivity contribution is 6.00. The standard InChI is InChI=1S/C44H65N3O10/c1-12-34-44(8)38(47(42(52)57-44)22-16-15-17-30-20-21-45-32-19-14-13-18-31(30)32)27(4)35(48)25(2)24-43(7,53-11)39(28(5)36(49)29(6)40(51)55-34)56-41-37(50)33(46(9)10)23-26(3)54-41/h13-14,18-21,25-29,33-34,37-39,41,50H,12,15-17,22-24H2,1-11H3/t25-,26-,27+,28+,29-,33+,34?,37-,38-,39-,41+,43-,44-/m1/s1. The fourth-order valence-corrected chi connectivity index (χ4v) is 9.68. The Bertz CT molecular complexity index is 1750. The average molecular weight is 796 g/mol. The van der Waals surface area contributed by atoms with Gasteiger partial charge in [-0.3, -0.25) is 19.4 Å².